The van der Waals surface area contributed by atoms with Gasteiger partial charge in [0.05, 0.1) is 22.9 Å². The number of benzene rings is 1. The van der Waals surface area contributed by atoms with E-state index >= 15 is 0 Å². The second kappa shape index (κ2) is 7.76. The van der Waals surface area contributed by atoms with Gasteiger partial charge in [-0.25, -0.2) is 13.4 Å². The van der Waals surface area contributed by atoms with Crippen molar-refractivity contribution in [3.8, 4) is 5.75 Å². The summed E-state index contributed by atoms with van der Waals surface area (Å²) in [5, 5.41) is 3.24. The zero-order chi connectivity index (χ0) is 19.5. The van der Waals surface area contributed by atoms with Crippen molar-refractivity contribution >= 4 is 21.5 Å². The van der Waals surface area contributed by atoms with Crippen LogP contribution in [0.25, 0.3) is 0 Å². The standard InChI is InChI=1S/C20H27N3O3S/c1-20(2,3)22-19-13-8-15(14-21-19)23-27(24,25)18-11-9-17(10-12-18)26-16-6-4-5-7-16/h8-14,16,23H,4-7H2,1-3H3,(H,21,22). The van der Waals surface area contributed by atoms with E-state index < -0.39 is 10.0 Å². The van der Waals surface area contributed by atoms with Crippen molar-refractivity contribution in [2.45, 2.75) is 63.0 Å². The summed E-state index contributed by atoms with van der Waals surface area (Å²) in [5.41, 5.74) is 0.303. The normalized spacial score (nSPS) is 15.5. The van der Waals surface area contributed by atoms with Gasteiger partial charge in [-0.2, -0.15) is 0 Å². The predicted octanol–water partition coefficient (Wildman–Crippen LogP) is 4.41. The molecule has 1 aromatic carbocycles. The molecular formula is C20H27N3O3S. The molecule has 0 unspecified atom stereocenters. The third-order valence-corrected chi connectivity index (χ3v) is 5.65. The number of ether oxygens (including phenoxy) is 1. The molecule has 27 heavy (non-hydrogen) atoms. The fourth-order valence-corrected chi connectivity index (χ4v) is 4.07. The summed E-state index contributed by atoms with van der Waals surface area (Å²) in [6.45, 7) is 6.10. The summed E-state index contributed by atoms with van der Waals surface area (Å²) < 4.78 is 33.6. The quantitative estimate of drug-likeness (QED) is 0.765. The molecule has 6 nitrogen and oxygen atoms in total. The lowest BCUT2D eigenvalue weighted by Crippen LogP contribution is -2.26. The molecule has 1 heterocycles. The van der Waals surface area contributed by atoms with Crippen LogP contribution < -0.4 is 14.8 Å². The van der Waals surface area contributed by atoms with Crippen LogP contribution in [0.2, 0.25) is 0 Å². The van der Waals surface area contributed by atoms with E-state index in [2.05, 4.69) is 15.0 Å². The van der Waals surface area contributed by atoms with Crippen molar-refractivity contribution in [1.29, 1.82) is 0 Å². The SMILES string of the molecule is CC(C)(C)Nc1ccc(NS(=O)(=O)c2ccc(OC3CCCC3)cc2)cn1. The first-order valence-electron chi connectivity index (χ1n) is 9.25. The Morgan fingerprint density at radius 1 is 1.04 bits per heavy atom. The summed E-state index contributed by atoms with van der Waals surface area (Å²) in [6, 6.07) is 9.99. The fourth-order valence-electron chi connectivity index (χ4n) is 3.02. The van der Waals surface area contributed by atoms with Crippen molar-refractivity contribution in [2.24, 2.45) is 0 Å². The molecule has 1 saturated carbocycles. The van der Waals surface area contributed by atoms with Crippen LogP contribution in [0, 0.1) is 0 Å². The molecule has 0 bridgehead atoms. The van der Waals surface area contributed by atoms with E-state index in [9.17, 15) is 8.42 Å². The Morgan fingerprint density at radius 2 is 1.70 bits per heavy atom. The number of nitrogens with one attached hydrogen (secondary N) is 2. The molecule has 0 spiro atoms. The van der Waals surface area contributed by atoms with Gasteiger partial charge in [0.25, 0.3) is 10.0 Å². The molecule has 0 atom stereocenters. The highest BCUT2D eigenvalue weighted by atomic mass is 32.2. The predicted molar refractivity (Wildman–Crippen MR) is 108 cm³/mol. The molecule has 2 N–H and O–H groups in total. The summed E-state index contributed by atoms with van der Waals surface area (Å²) in [5.74, 6) is 1.40. The largest absolute Gasteiger partial charge is 0.490 e. The minimum Gasteiger partial charge on any atom is -0.490 e. The first-order valence-corrected chi connectivity index (χ1v) is 10.7. The first kappa shape index (κ1) is 19.5. The summed E-state index contributed by atoms with van der Waals surface area (Å²) in [6.07, 6.45) is 6.27. The van der Waals surface area contributed by atoms with Crippen molar-refractivity contribution < 1.29 is 13.2 Å². The van der Waals surface area contributed by atoms with E-state index in [1.807, 2.05) is 20.8 Å². The number of nitrogens with zero attached hydrogens (tertiary/aromatic N) is 1. The number of sulfonamides is 1. The highest BCUT2D eigenvalue weighted by Crippen LogP contribution is 2.25. The molecular weight excluding hydrogens is 362 g/mol. The molecule has 0 aliphatic heterocycles. The average Bonchev–Trinajstić information content (AvgIpc) is 3.09. The van der Waals surface area contributed by atoms with Gasteiger partial charge >= 0.3 is 0 Å². The second-order valence-corrected chi connectivity index (χ2v) is 9.59. The highest BCUT2D eigenvalue weighted by molar-refractivity contribution is 7.92. The summed E-state index contributed by atoms with van der Waals surface area (Å²) in [4.78, 5) is 4.45. The smallest absolute Gasteiger partial charge is 0.261 e. The van der Waals surface area contributed by atoms with Crippen LogP contribution >= 0.6 is 0 Å². The van der Waals surface area contributed by atoms with Crippen molar-refractivity contribution in [3.05, 3.63) is 42.6 Å². The highest BCUT2D eigenvalue weighted by Gasteiger charge is 2.18. The molecule has 0 amide bonds. The third-order valence-electron chi connectivity index (χ3n) is 4.26. The number of pyridine rings is 1. The van der Waals surface area contributed by atoms with Crippen molar-refractivity contribution in [1.82, 2.24) is 4.98 Å². The van der Waals surface area contributed by atoms with E-state index in [0.717, 1.165) is 12.8 Å². The number of aromatic nitrogens is 1. The topological polar surface area (TPSA) is 80.3 Å². The molecule has 2 aromatic rings. The Morgan fingerprint density at radius 3 is 2.26 bits per heavy atom. The van der Waals surface area contributed by atoms with Crippen LogP contribution in [0.1, 0.15) is 46.5 Å². The maximum Gasteiger partial charge on any atom is 0.261 e. The molecule has 1 aliphatic rings. The lowest BCUT2D eigenvalue weighted by Gasteiger charge is -2.21. The van der Waals surface area contributed by atoms with Gasteiger partial charge in [-0.15, -0.1) is 0 Å². The van der Waals surface area contributed by atoms with Crippen LogP contribution in [0.4, 0.5) is 11.5 Å². The minimum atomic E-state index is -3.67. The molecule has 0 radical (unpaired) electrons. The average molecular weight is 390 g/mol. The summed E-state index contributed by atoms with van der Waals surface area (Å²) >= 11 is 0. The van der Waals surface area contributed by atoms with E-state index in [1.54, 1.807) is 36.4 Å². The lowest BCUT2D eigenvalue weighted by atomic mass is 10.1. The third kappa shape index (κ3) is 5.60. The first-order chi connectivity index (χ1) is 12.7. The summed E-state index contributed by atoms with van der Waals surface area (Å²) in [7, 11) is -3.67. The number of anilines is 2. The van der Waals surface area contributed by atoms with Gasteiger partial charge in [0.2, 0.25) is 0 Å². The molecule has 0 saturated heterocycles. The van der Waals surface area contributed by atoms with Gasteiger partial charge in [0, 0.05) is 5.54 Å². The Kier molecular flexibility index (Phi) is 5.60. The van der Waals surface area contributed by atoms with Gasteiger partial charge in [0.1, 0.15) is 11.6 Å². The monoisotopic (exact) mass is 389 g/mol. The van der Waals surface area contributed by atoms with Gasteiger partial charge in [-0.05, 0) is 82.9 Å². The van der Waals surface area contributed by atoms with E-state index in [4.69, 9.17) is 4.74 Å². The van der Waals surface area contributed by atoms with Crippen LogP contribution in [0.5, 0.6) is 5.75 Å². The molecule has 1 fully saturated rings. The van der Waals surface area contributed by atoms with Gasteiger partial charge < -0.3 is 10.1 Å². The Bertz CT molecular complexity index is 851. The number of hydrogen-bond acceptors (Lipinski definition) is 5. The van der Waals surface area contributed by atoms with Crippen molar-refractivity contribution in [2.75, 3.05) is 10.0 Å². The lowest BCUT2D eigenvalue weighted by molar-refractivity contribution is 0.210. The molecule has 1 aromatic heterocycles. The zero-order valence-electron chi connectivity index (χ0n) is 16.0. The maximum absolute atomic E-state index is 12.6. The van der Waals surface area contributed by atoms with Gasteiger partial charge in [0.15, 0.2) is 0 Å². The molecule has 1 aliphatic carbocycles. The van der Waals surface area contributed by atoms with Gasteiger partial charge in [-0.3, -0.25) is 4.72 Å². The van der Waals surface area contributed by atoms with E-state index in [-0.39, 0.29) is 16.5 Å². The van der Waals surface area contributed by atoms with Crippen molar-refractivity contribution in [3.63, 3.8) is 0 Å². The minimum absolute atomic E-state index is 0.115. The Balaban J connectivity index is 1.65. The molecule has 3 rings (SSSR count). The maximum atomic E-state index is 12.6. The number of hydrogen-bond donors (Lipinski definition) is 2. The van der Waals surface area contributed by atoms with Crippen LogP contribution in [-0.2, 0) is 10.0 Å². The van der Waals surface area contributed by atoms with Crippen LogP contribution in [0.15, 0.2) is 47.5 Å². The van der Waals surface area contributed by atoms with E-state index in [0.29, 0.717) is 17.3 Å². The Labute approximate surface area is 161 Å². The fraction of sp³-hybridized carbons (Fsp3) is 0.450. The molecule has 7 heteroatoms. The van der Waals surface area contributed by atoms with Crippen LogP contribution in [-0.4, -0.2) is 25.0 Å². The Hall–Kier alpha value is -2.28. The van der Waals surface area contributed by atoms with Gasteiger partial charge in [-0.1, -0.05) is 0 Å². The zero-order valence-corrected chi connectivity index (χ0v) is 16.8. The number of rotatable bonds is 6. The van der Waals surface area contributed by atoms with Crippen LogP contribution in [0.3, 0.4) is 0 Å². The molecule has 146 valence electrons. The second-order valence-electron chi connectivity index (χ2n) is 7.91. The van der Waals surface area contributed by atoms with E-state index in [1.165, 1.54) is 19.0 Å².